The molecular weight excluding hydrogens is 453 g/mol. The lowest BCUT2D eigenvalue weighted by molar-refractivity contribution is -0.139. The van der Waals surface area contributed by atoms with Gasteiger partial charge < -0.3 is 19.9 Å². The molecule has 2 unspecified atom stereocenters. The summed E-state index contributed by atoms with van der Waals surface area (Å²) in [6, 6.07) is 3.74. The van der Waals surface area contributed by atoms with Gasteiger partial charge in [-0.05, 0) is 22.9 Å². The number of carbonyl (C=O) groups is 3. The molecule has 2 atom stereocenters. The van der Waals surface area contributed by atoms with Gasteiger partial charge in [0.25, 0.3) is 0 Å². The summed E-state index contributed by atoms with van der Waals surface area (Å²) >= 11 is 12.3. The van der Waals surface area contributed by atoms with Crippen LogP contribution in [-0.2, 0) is 32.0 Å². The van der Waals surface area contributed by atoms with Crippen LogP contribution < -0.4 is 5.32 Å². The quantitative estimate of drug-likeness (QED) is 0.554. The second kappa shape index (κ2) is 10.5. The molecule has 2 aromatic rings. The summed E-state index contributed by atoms with van der Waals surface area (Å²) in [6.07, 6.45) is -1.22. The van der Waals surface area contributed by atoms with Crippen molar-refractivity contribution in [1.29, 1.82) is 0 Å². The lowest BCUT2D eigenvalue weighted by Gasteiger charge is -2.17. The van der Waals surface area contributed by atoms with Crippen LogP contribution in [0.5, 0.6) is 0 Å². The number of Topliss-reactive ketones (excluding diaryl/α,β-unsaturated/α-hetero) is 1. The average Bonchev–Trinajstić information content (AvgIpc) is 3.36. The molecule has 1 saturated heterocycles. The highest BCUT2D eigenvalue weighted by Gasteiger charge is 2.27. The van der Waals surface area contributed by atoms with Crippen LogP contribution in [0, 0.1) is 0 Å². The molecule has 11 nitrogen and oxygen atoms in total. The number of ketones is 1. The Labute approximate surface area is 186 Å². The number of ether oxygens (including phenoxy) is 2. The smallest absolute Gasteiger partial charge is 0.408 e. The number of alkyl carbamates (subject to hydrolysis) is 1. The molecule has 0 spiro atoms. The van der Waals surface area contributed by atoms with E-state index in [1.54, 1.807) is 18.2 Å². The minimum atomic E-state index is -1.32. The van der Waals surface area contributed by atoms with Crippen LogP contribution in [-0.4, -0.2) is 68.5 Å². The Morgan fingerprint density at radius 3 is 2.71 bits per heavy atom. The molecule has 2 heterocycles. The van der Waals surface area contributed by atoms with Gasteiger partial charge in [0.15, 0.2) is 11.6 Å². The number of aliphatic carboxylic acids is 1. The van der Waals surface area contributed by atoms with Crippen LogP contribution in [0.2, 0.25) is 10.0 Å². The van der Waals surface area contributed by atoms with Crippen molar-refractivity contribution in [3.8, 4) is 0 Å². The number of carboxylic acid groups (broad SMARTS) is 1. The second-order valence-corrected chi connectivity index (χ2v) is 7.58. The molecule has 1 aromatic heterocycles. The van der Waals surface area contributed by atoms with Gasteiger partial charge in [-0.15, -0.1) is 10.2 Å². The number of tetrazole rings is 1. The van der Waals surface area contributed by atoms with Crippen LogP contribution >= 0.6 is 23.2 Å². The van der Waals surface area contributed by atoms with Crippen molar-refractivity contribution in [2.24, 2.45) is 0 Å². The van der Waals surface area contributed by atoms with Crippen molar-refractivity contribution in [3.05, 3.63) is 39.6 Å². The Kier molecular flexibility index (Phi) is 7.77. The first-order valence-electron chi connectivity index (χ1n) is 9.30. The Hall–Kier alpha value is -2.76. The minimum Gasteiger partial charge on any atom is -0.481 e. The van der Waals surface area contributed by atoms with Crippen LogP contribution in [0.15, 0.2) is 18.2 Å². The summed E-state index contributed by atoms with van der Waals surface area (Å²) in [7, 11) is 0. The van der Waals surface area contributed by atoms with Crippen LogP contribution in [0.3, 0.4) is 0 Å². The van der Waals surface area contributed by atoms with E-state index in [1.165, 1.54) is 0 Å². The molecule has 1 aliphatic rings. The molecule has 1 fully saturated rings. The molecule has 166 valence electrons. The molecule has 3 rings (SSSR count). The summed E-state index contributed by atoms with van der Waals surface area (Å²) in [5.41, 5.74) is 0.612. The fourth-order valence-corrected chi connectivity index (χ4v) is 3.41. The zero-order valence-corrected chi connectivity index (χ0v) is 17.7. The normalized spacial score (nSPS) is 16.6. The van der Waals surface area contributed by atoms with Gasteiger partial charge in [0.05, 0.1) is 19.6 Å². The molecule has 13 heteroatoms. The first-order chi connectivity index (χ1) is 14.8. The number of hydrogen-bond acceptors (Lipinski definition) is 8. The number of rotatable bonds is 9. The molecule has 31 heavy (non-hydrogen) atoms. The predicted octanol–water partition coefficient (Wildman–Crippen LogP) is 1.50. The number of benzene rings is 1. The van der Waals surface area contributed by atoms with Crippen molar-refractivity contribution in [1.82, 2.24) is 25.5 Å². The highest BCUT2D eigenvalue weighted by Crippen LogP contribution is 2.25. The van der Waals surface area contributed by atoms with E-state index in [9.17, 15) is 14.4 Å². The van der Waals surface area contributed by atoms with E-state index in [2.05, 4.69) is 20.7 Å². The Bertz CT molecular complexity index is 942. The Morgan fingerprint density at radius 1 is 1.32 bits per heavy atom. The van der Waals surface area contributed by atoms with Crippen LogP contribution in [0.1, 0.15) is 24.2 Å². The molecule has 0 aliphatic carbocycles. The zero-order chi connectivity index (χ0) is 22.4. The number of amides is 1. The van der Waals surface area contributed by atoms with Crippen molar-refractivity contribution in [3.63, 3.8) is 0 Å². The lowest BCUT2D eigenvalue weighted by Crippen LogP contribution is -2.45. The van der Waals surface area contributed by atoms with E-state index in [0.29, 0.717) is 28.6 Å². The molecule has 2 N–H and O–H groups in total. The maximum Gasteiger partial charge on any atom is 0.408 e. The number of halogens is 2. The molecular formula is C18H19Cl2N5O6. The van der Waals surface area contributed by atoms with Gasteiger partial charge in [-0.2, -0.15) is 4.80 Å². The summed E-state index contributed by atoms with van der Waals surface area (Å²) in [5.74, 6) is -1.61. The van der Waals surface area contributed by atoms with Gasteiger partial charge in [-0.1, -0.05) is 29.3 Å². The van der Waals surface area contributed by atoms with Gasteiger partial charge in [0.2, 0.25) is 0 Å². The Morgan fingerprint density at radius 2 is 2.06 bits per heavy atom. The molecule has 0 bridgehead atoms. The number of aromatic nitrogens is 4. The summed E-state index contributed by atoms with van der Waals surface area (Å²) < 4.78 is 10.2. The monoisotopic (exact) mass is 471 g/mol. The van der Waals surface area contributed by atoms with Crippen molar-refractivity contribution >= 4 is 41.0 Å². The van der Waals surface area contributed by atoms with Gasteiger partial charge in [0.1, 0.15) is 18.7 Å². The standard InChI is InChI=1S/C18H19Cl2N5O6/c19-12-2-1-3-13(20)11(12)6-16-22-24-25(23-16)8-15(26)14(7-17(27)28)21-18(29)31-10-4-5-30-9-10/h1-3,10,14H,4-9H2,(H,21,29)(H,27,28). The molecule has 1 aliphatic heterocycles. The Balaban J connectivity index is 1.61. The third-order valence-corrected chi connectivity index (χ3v) is 5.12. The minimum absolute atomic E-state index is 0.194. The van der Waals surface area contributed by atoms with E-state index < -0.39 is 43.0 Å². The highest BCUT2D eigenvalue weighted by molar-refractivity contribution is 6.36. The van der Waals surface area contributed by atoms with E-state index in [0.717, 1.165) is 4.80 Å². The topological polar surface area (TPSA) is 146 Å². The molecule has 0 saturated carbocycles. The summed E-state index contributed by atoms with van der Waals surface area (Å²) in [4.78, 5) is 36.7. The number of carbonyl (C=O) groups excluding carboxylic acids is 2. The van der Waals surface area contributed by atoms with Crippen LogP contribution in [0.25, 0.3) is 0 Å². The van der Waals surface area contributed by atoms with Crippen molar-refractivity contribution in [2.45, 2.75) is 38.0 Å². The summed E-state index contributed by atoms with van der Waals surface area (Å²) in [6.45, 7) is 0.329. The van der Waals surface area contributed by atoms with Gasteiger partial charge >= 0.3 is 12.1 Å². The third-order valence-electron chi connectivity index (χ3n) is 4.41. The number of hydrogen-bond donors (Lipinski definition) is 2. The fourth-order valence-electron chi connectivity index (χ4n) is 2.88. The van der Waals surface area contributed by atoms with Crippen molar-refractivity contribution < 1.29 is 29.0 Å². The van der Waals surface area contributed by atoms with E-state index >= 15 is 0 Å². The number of nitrogens with one attached hydrogen (secondary N) is 1. The first kappa shape index (κ1) is 22.9. The zero-order valence-electron chi connectivity index (χ0n) is 16.2. The molecule has 1 amide bonds. The van der Waals surface area contributed by atoms with E-state index in [4.69, 9.17) is 37.8 Å². The first-order valence-corrected chi connectivity index (χ1v) is 10.1. The molecule has 0 radical (unpaired) electrons. The summed E-state index contributed by atoms with van der Waals surface area (Å²) in [5, 5.41) is 24.0. The van der Waals surface area contributed by atoms with Gasteiger partial charge in [0, 0.05) is 22.9 Å². The van der Waals surface area contributed by atoms with Gasteiger partial charge in [-0.25, -0.2) is 4.79 Å². The largest absolute Gasteiger partial charge is 0.481 e. The maximum atomic E-state index is 12.6. The number of carboxylic acids is 1. The fraction of sp³-hybridized carbons (Fsp3) is 0.444. The number of nitrogens with zero attached hydrogens (tertiary/aromatic N) is 4. The highest BCUT2D eigenvalue weighted by atomic mass is 35.5. The van der Waals surface area contributed by atoms with Gasteiger partial charge in [-0.3, -0.25) is 9.59 Å². The maximum absolute atomic E-state index is 12.6. The van der Waals surface area contributed by atoms with Crippen LogP contribution in [0.4, 0.5) is 4.79 Å². The SMILES string of the molecule is O=C(O)CC(NC(=O)OC1CCOC1)C(=O)Cn1nnc(Cc2c(Cl)cccc2Cl)n1. The second-order valence-electron chi connectivity index (χ2n) is 6.77. The van der Waals surface area contributed by atoms with Crippen molar-refractivity contribution in [2.75, 3.05) is 13.2 Å². The third kappa shape index (κ3) is 6.61. The predicted molar refractivity (Wildman–Crippen MR) is 107 cm³/mol. The molecule has 1 aromatic carbocycles. The lowest BCUT2D eigenvalue weighted by atomic mass is 10.1. The van der Waals surface area contributed by atoms with E-state index in [1.807, 2.05) is 0 Å². The van der Waals surface area contributed by atoms with E-state index in [-0.39, 0.29) is 18.9 Å². The average molecular weight is 472 g/mol.